The van der Waals surface area contributed by atoms with Crippen molar-refractivity contribution in [2.24, 2.45) is 0 Å². The SMILES string of the molecule is O=C(Cc1c(F)cccc1Cl)c1cc(Br)ccc1I. The molecule has 0 aromatic heterocycles. The van der Waals surface area contributed by atoms with Crippen molar-refractivity contribution in [3.8, 4) is 0 Å². The molecule has 0 fully saturated rings. The maximum atomic E-state index is 13.7. The number of ketones is 1. The Balaban J connectivity index is 2.34. The summed E-state index contributed by atoms with van der Waals surface area (Å²) in [6.07, 6.45) is -0.0437. The molecule has 0 radical (unpaired) electrons. The van der Waals surface area contributed by atoms with Gasteiger partial charge in [0, 0.05) is 30.6 Å². The fraction of sp³-hybridized carbons (Fsp3) is 0.0714. The summed E-state index contributed by atoms with van der Waals surface area (Å²) >= 11 is 11.3. The zero-order valence-electron chi connectivity index (χ0n) is 9.59. The molecule has 2 aromatic rings. The molecule has 19 heavy (non-hydrogen) atoms. The molecule has 5 heteroatoms. The van der Waals surface area contributed by atoms with Crippen LogP contribution in [0, 0.1) is 9.39 Å². The van der Waals surface area contributed by atoms with Crippen molar-refractivity contribution in [2.75, 3.05) is 0 Å². The van der Waals surface area contributed by atoms with Gasteiger partial charge < -0.3 is 0 Å². The summed E-state index contributed by atoms with van der Waals surface area (Å²) in [5.41, 5.74) is 0.805. The number of hydrogen-bond acceptors (Lipinski definition) is 1. The maximum absolute atomic E-state index is 13.7. The fourth-order valence-electron chi connectivity index (χ4n) is 1.67. The highest BCUT2D eigenvalue weighted by Crippen LogP contribution is 2.24. The normalized spacial score (nSPS) is 10.5. The quantitative estimate of drug-likeness (QED) is 0.457. The molecule has 0 bridgehead atoms. The van der Waals surface area contributed by atoms with Gasteiger partial charge in [-0.05, 0) is 52.9 Å². The Kier molecular flexibility index (Phi) is 4.97. The van der Waals surface area contributed by atoms with Crippen LogP contribution in [0.3, 0.4) is 0 Å². The van der Waals surface area contributed by atoms with E-state index in [4.69, 9.17) is 11.6 Å². The first kappa shape index (κ1) is 14.9. The first-order chi connectivity index (χ1) is 8.99. The first-order valence-electron chi connectivity index (χ1n) is 5.40. The Labute approximate surface area is 137 Å². The highest BCUT2D eigenvalue weighted by molar-refractivity contribution is 14.1. The number of halogens is 4. The molecule has 2 aromatic carbocycles. The molecule has 0 unspecified atom stereocenters. The second kappa shape index (κ2) is 6.33. The average molecular weight is 453 g/mol. The Morgan fingerprint density at radius 1 is 1.32 bits per heavy atom. The standard InChI is InChI=1S/C14H8BrClFIO/c15-8-4-5-13(18)10(6-8)14(19)7-9-11(16)2-1-3-12(9)17/h1-6H,7H2. The van der Waals surface area contributed by atoms with E-state index >= 15 is 0 Å². The monoisotopic (exact) mass is 452 g/mol. The molecule has 0 heterocycles. The lowest BCUT2D eigenvalue weighted by molar-refractivity contribution is 0.0991. The highest BCUT2D eigenvalue weighted by Gasteiger charge is 2.15. The van der Waals surface area contributed by atoms with Crippen molar-refractivity contribution in [3.05, 3.63) is 66.4 Å². The minimum absolute atomic E-state index is 0.0437. The molecule has 2 rings (SSSR count). The van der Waals surface area contributed by atoms with Gasteiger partial charge in [-0.25, -0.2) is 4.39 Å². The Bertz CT molecular complexity index is 625. The third-order valence-electron chi connectivity index (χ3n) is 2.63. The predicted octanol–water partition coefficient (Wildman–Crippen LogP) is 5.27. The Morgan fingerprint density at radius 3 is 2.74 bits per heavy atom. The summed E-state index contributed by atoms with van der Waals surface area (Å²) in [6, 6.07) is 9.84. The van der Waals surface area contributed by atoms with E-state index in [2.05, 4.69) is 38.5 Å². The second-order valence-corrected chi connectivity index (χ2v) is 6.41. The van der Waals surface area contributed by atoms with Crippen LogP contribution in [0.5, 0.6) is 0 Å². The topological polar surface area (TPSA) is 17.1 Å². The van der Waals surface area contributed by atoms with Gasteiger partial charge in [-0.1, -0.05) is 33.6 Å². The average Bonchev–Trinajstić information content (AvgIpc) is 2.37. The minimum atomic E-state index is -0.453. The number of carbonyl (C=O) groups is 1. The largest absolute Gasteiger partial charge is 0.294 e. The van der Waals surface area contributed by atoms with Crippen molar-refractivity contribution in [2.45, 2.75) is 6.42 Å². The summed E-state index contributed by atoms with van der Waals surface area (Å²) in [5, 5.41) is 0.276. The van der Waals surface area contributed by atoms with Crippen molar-refractivity contribution >= 4 is 55.9 Å². The number of benzene rings is 2. The van der Waals surface area contributed by atoms with Crippen molar-refractivity contribution in [1.82, 2.24) is 0 Å². The number of carbonyl (C=O) groups excluding carboxylic acids is 1. The molecule has 1 nitrogen and oxygen atoms in total. The van der Waals surface area contributed by atoms with Crippen LogP contribution < -0.4 is 0 Å². The van der Waals surface area contributed by atoms with Gasteiger partial charge in [0.2, 0.25) is 0 Å². The number of hydrogen-bond donors (Lipinski definition) is 0. The van der Waals surface area contributed by atoms with E-state index in [-0.39, 0.29) is 22.8 Å². The smallest absolute Gasteiger partial charge is 0.168 e. The van der Waals surface area contributed by atoms with Crippen LogP contribution in [0.1, 0.15) is 15.9 Å². The molecule has 0 N–H and O–H groups in total. The molecule has 0 amide bonds. The first-order valence-corrected chi connectivity index (χ1v) is 7.65. The summed E-state index contributed by atoms with van der Waals surface area (Å²) in [7, 11) is 0. The van der Waals surface area contributed by atoms with E-state index in [9.17, 15) is 9.18 Å². The molecule has 0 saturated carbocycles. The zero-order chi connectivity index (χ0) is 14.0. The summed E-state index contributed by atoms with van der Waals surface area (Å²) in [4.78, 5) is 12.2. The summed E-state index contributed by atoms with van der Waals surface area (Å²) in [6.45, 7) is 0. The fourth-order valence-corrected chi connectivity index (χ4v) is 2.90. The molecule has 0 aliphatic heterocycles. The lowest BCUT2D eigenvalue weighted by atomic mass is 10.0. The van der Waals surface area contributed by atoms with E-state index < -0.39 is 5.82 Å². The summed E-state index contributed by atoms with van der Waals surface area (Å²) in [5.74, 6) is -0.608. The number of rotatable bonds is 3. The van der Waals surface area contributed by atoms with Crippen molar-refractivity contribution in [3.63, 3.8) is 0 Å². The minimum Gasteiger partial charge on any atom is -0.294 e. The number of Topliss-reactive ketones (excluding diaryl/α,β-unsaturated/α-hetero) is 1. The Hall–Kier alpha value is -0.460. The van der Waals surface area contributed by atoms with Crippen LogP contribution in [-0.2, 0) is 6.42 Å². The van der Waals surface area contributed by atoms with E-state index in [0.717, 1.165) is 8.04 Å². The van der Waals surface area contributed by atoms with Crippen LogP contribution in [-0.4, -0.2) is 5.78 Å². The van der Waals surface area contributed by atoms with Gasteiger partial charge in [-0.15, -0.1) is 0 Å². The third-order valence-corrected chi connectivity index (χ3v) is 4.42. The highest BCUT2D eigenvalue weighted by atomic mass is 127. The Morgan fingerprint density at radius 2 is 2.05 bits per heavy atom. The third kappa shape index (κ3) is 3.55. The van der Waals surface area contributed by atoms with E-state index in [1.54, 1.807) is 12.1 Å². The van der Waals surface area contributed by atoms with Crippen LogP contribution in [0.4, 0.5) is 4.39 Å². The zero-order valence-corrected chi connectivity index (χ0v) is 14.1. The van der Waals surface area contributed by atoms with Crippen LogP contribution >= 0.6 is 50.1 Å². The van der Waals surface area contributed by atoms with Crippen molar-refractivity contribution in [1.29, 1.82) is 0 Å². The molecule has 0 aliphatic rings. The molecule has 0 saturated heterocycles. The van der Waals surface area contributed by atoms with Crippen LogP contribution in [0.15, 0.2) is 40.9 Å². The molecule has 98 valence electrons. The lowest BCUT2D eigenvalue weighted by Crippen LogP contribution is -2.07. The van der Waals surface area contributed by atoms with Crippen molar-refractivity contribution < 1.29 is 9.18 Å². The second-order valence-electron chi connectivity index (χ2n) is 3.92. The van der Waals surface area contributed by atoms with Gasteiger partial charge in [-0.3, -0.25) is 4.79 Å². The van der Waals surface area contributed by atoms with Gasteiger partial charge in [0.15, 0.2) is 5.78 Å². The molecule has 0 spiro atoms. The van der Waals surface area contributed by atoms with Gasteiger partial charge >= 0.3 is 0 Å². The predicted molar refractivity (Wildman–Crippen MR) is 86.3 cm³/mol. The lowest BCUT2D eigenvalue weighted by Gasteiger charge is -2.07. The van der Waals surface area contributed by atoms with Gasteiger partial charge in [-0.2, -0.15) is 0 Å². The van der Waals surface area contributed by atoms with E-state index in [0.29, 0.717) is 5.56 Å². The van der Waals surface area contributed by atoms with Gasteiger partial charge in [0.05, 0.1) is 0 Å². The van der Waals surface area contributed by atoms with E-state index in [1.165, 1.54) is 12.1 Å². The molecule has 0 atom stereocenters. The molecular weight excluding hydrogens is 445 g/mol. The van der Waals surface area contributed by atoms with Gasteiger partial charge in [0.25, 0.3) is 0 Å². The molecular formula is C14H8BrClFIO. The van der Waals surface area contributed by atoms with Crippen LogP contribution in [0.25, 0.3) is 0 Å². The summed E-state index contributed by atoms with van der Waals surface area (Å²) < 4.78 is 15.3. The maximum Gasteiger partial charge on any atom is 0.168 e. The van der Waals surface area contributed by atoms with E-state index in [1.807, 2.05) is 12.1 Å². The van der Waals surface area contributed by atoms with Crippen LogP contribution in [0.2, 0.25) is 5.02 Å². The molecule has 0 aliphatic carbocycles. The van der Waals surface area contributed by atoms with Gasteiger partial charge in [0.1, 0.15) is 5.82 Å².